The van der Waals surface area contributed by atoms with Gasteiger partial charge in [0.1, 0.15) is 11.6 Å². The van der Waals surface area contributed by atoms with Crippen molar-refractivity contribution in [1.29, 1.82) is 0 Å². The molecule has 2 atom stereocenters. The molecule has 0 radical (unpaired) electrons. The standard InChI is InChI=1S/C29H31FN2O3/c1-4-27(33)32-16-15-22-11-14-25(17-26(22)28(32)23-9-5-19(2)6-10-23)35-20(3)29(34)31-18-21-7-12-24(30)13-8-21/h5-14,17,20,28H,4,15-16,18H2,1-3H3,(H,31,34)/t20-,28-/m1/s1. The third kappa shape index (κ3) is 5.70. The number of nitrogens with one attached hydrogen (secondary N) is 1. The van der Waals surface area contributed by atoms with E-state index in [1.165, 1.54) is 17.7 Å². The molecule has 1 N–H and O–H groups in total. The lowest BCUT2D eigenvalue weighted by Crippen LogP contribution is -2.40. The molecule has 0 bridgehead atoms. The van der Waals surface area contributed by atoms with E-state index in [2.05, 4.69) is 29.6 Å². The number of hydrogen-bond acceptors (Lipinski definition) is 3. The SMILES string of the molecule is CCC(=O)N1CCc2ccc(O[C@H](C)C(=O)NCc3ccc(F)cc3)cc2[C@H]1c1ccc(C)cc1. The molecule has 0 saturated carbocycles. The zero-order valence-electron chi connectivity index (χ0n) is 20.4. The van der Waals surface area contributed by atoms with E-state index in [0.29, 0.717) is 25.3 Å². The van der Waals surface area contributed by atoms with Crippen LogP contribution in [0.4, 0.5) is 4.39 Å². The van der Waals surface area contributed by atoms with Gasteiger partial charge in [0, 0.05) is 19.5 Å². The molecule has 5 nitrogen and oxygen atoms in total. The molecule has 182 valence electrons. The fourth-order valence-corrected chi connectivity index (χ4v) is 4.44. The van der Waals surface area contributed by atoms with Gasteiger partial charge in [0.15, 0.2) is 6.10 Å². The van der Waals surface area contributed by atoms with Crippen LogP contribution in [0.3, 0.4) is 0 Å². The topological polar surface area (TPSA) is 58.6 Å². The largest absolute Gasteiger partial charge is 0.481 e. The van der Waals surface area contributed by atoms with Crippen molar-refractivity contribution in [2.24, 2.45) is 0 Å². The average molecular weight is 475 g/mol. The summed E-state index contributed by atoms with van der Waals surface area (Å²) in [6.45, 7) is 6.59. The molecule has 3 aromatic carbocycles. The molecule has 0 spiro atoms. The quantitative estimate of drug-likeness (QED) is 0.518. The van der Waals surface area contributed by atoms with Gasteiger partial charge < -0.3 is 15.0 Å². The Morgan fingerprint density at radius 3 is 2.49 bits per heavy atom. The number of hydrogen-bond donors (Lipinski definition) is 1. The van der Waals surface area contributed by atoms with Gasteiger partial charge in [-0.2, -0.15) is 0 Å². The van der Waals surface area contributed by atoms with Crippen LogP contribution in [0.15, 0.2) is 66.7 Å². The molecule has 1 aliphatic rings. The average Bonchev–Trinajstić information content (AvgIpc) is 2.87. The van der Waals surface area contributed by atoms with E-state index in [0.717, 1.165) is 28.7 Å². The van der Waals surface area contributed by atoms with E-state index in [1.54, 1.807) is 19.1 Å². The Morgan fingerprint density at radius 1 is 1.09 bits per heavy atom. The third-order valence-electron chi connectivity index (χ3n) is 6.42. The van der Waals surface area contributed by atoms with Crippen molar-refractivity contribution in [3.8, 4) is 5.75 Å². The Kier molecular flexibility index (Phi) is 7.49. The molecule has 0 aliphatic carbocycles. The highest BCUT2D eigenvalue weighted by Crippen LogP contribution is 2.37. The molecule has 0 aromatic heterocycles. The number of rotatable bonds is 7. The van der Waals surface area contributed by atoms with Gasteiger partial charge in [0.05, 0.1) is 6.04 Å². The van der Waals surface area contributed by atoms with E-state index in [9.17, 15) is 14.0 Å². The van der Waals surface area contributed by atoms with Gasteiger partial charge in [-0.15, -0.1) is 0 Å². The number of benzene rings is 3. The van der Waals surface area contributed by atoms with Crippen LogP contribution in [-0.4, -0.2) is 29.4 Å². The fourth-order valence-electron chi connectivity index (χ4n) is 4.44. The highest BCUT2D eigenvalue weighted by Gasteiger charge is 2.32. The molecule has 6 heteroatoms. The number of aryl methyl sites for hydroxylation is 1. The Labute approximate surface area is 205 Å². The number of ether oxygens (including phenoxy) is 1. The summed E-state index contributed by atoms with van der Waals surface area (Å²) in [7, 11) is 0. The minimum absolute atomic E-state index is 0.112. The highest BCUT2D eigenvalue weighted by atomic mass is 19.1. The molecule has 0 fully saturated rings. The summed E-state index contributed by atoms with van der Waals surface area (Å²) in [5.74, 6) is 0.120. The minimum atomic E-state index is -0.719. The van der Waals surface area contributed by atoms with Crippen molar-refractivity contribution in [1.82, 2.24) is 10.2 Å². The Bertz CT molecular complexity index is 1190. The molecule has 1 aliphatic heterocycles. The second-order valence-electron chi connectivity index (χ2n) is 8.97. The van der Waals surface area contributed by atoms with Crippen LogP contribution in [0.5, 0.6) is 5.75 Å². The highest BCUT2D eigenvalue weighted by molar-refractivity contribution is 5.80. The van der Waals surface area contributed by atoms with E-state index in [-0.39, 0.29) is 23.7 Å². The number of carbonyl (C=O) groups excluding carboxylic acids is 2. The summed E-state index contributed by atoms with van der Waals surface area (Å²) in [4.78, 5) is 27.4. The summed E-state index contributed by atoms with van der Waals surface area (Å²) < 4.78 is 19.1. The second kappa shape index (κ2) is 10.7. The first-order chi connectivity index (χ1) is 16.9. The molecule has 2 amide bonds. The number of nitrogens with zero attached hydrogens (tertiary/aromatic N) is 1. The van der Waals surface area contributed by atoms with E-state index in [1.807, 2.05) is 36.9 Å². The number of amides is 2. The van der Waals surface area contributed by atoms with Gasteiger partial charge in [0.2, 0.25) is 5.91 Å². The van der Waals surface area contributed by atoms with Crippen LogP contribution in [0.2, 0.25) is 0 Å². The lowest BCUT2D eigenvalue weighted by molar-refractivity contribution is -0.133. The number of fused-ring (bicyclic) bond motifs is 1. The Balaban J connectivity index is 1.53. The summed E-state index contributed by atoms with van der Waals surface area (Å²) in [6, 6.07) is 20.0. The van der Waals surface area contributed by atoms with Crippen molar-refractivity contribution in [3.63, 3.8) is 0 Å². The van der Waals surface area contributed by atoms with Gasteiger partial charge in [-0.1, -0.05) is 55.0 Å². The van der Waals surface area contributed by atoms with Crippen LogP contribution < -0.4 is 10.1 Å². The molecular weight excluding hydrogens is 443 g/mol. The van der Waals surface area contributed by atoms with E-state index < -0.39 is 6.10 Å². The van der Waals surface area contributed by atoms with Gasteiger partial charge >= 0.3 is 0 Å². The maximum atomic E-state index is 13.1. The summed E-state index contributed by atoms with van der Waals surface area (Å²) in [5, 5.41) is 2.83. The molecule has 0 unspecified atom stereocenters. The van der Waals surface area contributed by atoms with Crippen LogP contribution in [0.25, 0.3) is 0 Å². The molecule has 3 aromatic rings. The van der Waals surface area contributed by atoms with Crippen molar-refractivity contribution >= 4 is 11.8 Å². The van der Waals surface area contributed by atoms with Gasteiger partial charge in [0.25, 0.3) is 5.91 Å². The van der Waals surface area contributed by atoms with Gasteiger partial charge in [-0.3, -0.25) is 9.59 Å². The fraction of sp³-hybridized carbons (Fsp3) is 0.310. The number of carbonyl (C=O) groups is 2. The van der Waals surface area contributed by atoms with Crippen molar-refractivity contribution in [2.45, 2.75) is 52.3 Å². The zero-order valence-corrected chi connectivity index (χ0v) is 20.4. The maximum absolute atomic E-state index is 13.1. The van der Waals surface area contributed by atoms with Crippen LogP contribution >= 0.6 is 0 Å². The van der Waals surface area contributed by atoms with Crippen molar-refractivity contribution in [3.05, 3.63) is 100 Å². The van der Waals surface area contributed by atoms with Gasteiger partial charge in [-0.05, 0) is 66.8 Å². The van der Waals surface area contributed by atoms with Crippen LogP contribution in [-0.2, 0) is 22.6 Å². The van der Waals surface area contributed by atoms with E-state index >= 15 is 0 Å². The monoisotopic (exact) mass is 474 g/mol. The van der Waals surface area contributed by atoms with Crippen LogP contribution in [0.1, 0.15) is 54.1 Å². The zero-order chi connectivity index (χ0) is 24.9. The van der Waals surface area contributed by atoms with E-state index in [4.69, 9.17) is 4.74 Å². The lowest BCUT2D eigenvalue weighted by Gasteiger charge is -2.38. The molecule has 0 saturated heterocycles. The third-order valence-corrected chi connectivity index (χ3v) is 6.42. The Morgan fingerprint density at radius 2 is 1.80 bits per heavy atom. The summed E-state index contributed by atoms with van der Waals surface area (Å²) >= 11 is 0. The summed E-state index contributed by atoms with van der Waals surface area (Å²) in [5.41, 5.74) is 5.23. The first-order valence-electron chi connectivity index (χ1n) is 12.0. The van der Waals surface area contributed by atoms with Gasteiger partial charge in [-0.25, -0.2) is 4.39 Å². The molecular formula is C29H31FN2O3. The number of halogens is 1. The predicted molar refractivity (Wildman–Crippen MR) is 134 cm³/mol. The predicted octanol–water partition coefficient (Wildman–Crippen LogP) is 5.10. The maximum Gasteiger partial charge on any atom is 0.261 e. The first-order valence-corrected chi connectivity index (χ1v) is 12.0. The first kappa shape index (κ1) is 24.5. The Hall–Kier alpha value is -3.67. The molecule has 35 heavy (non-hydrogen) atoms. The second-order valence-corrected chi connectivity index (χ2v) is 8.97. The summed E-state index contributed by atoms with van der Waals surface area (Å²) in [6.07, 6.45) is 0.500. The minimum Gasteiger partial charge on any atom is -0.481 e. The van der Waals surface area contributed by atoms with Crippen molar-refractivity contribution < 1.29 is 18.7 Å². The molecule has 1 heterocycles. The normalized spacial score (nSPS) is 15.8. The smallest absolute Gasteiger partial charge is 0.261 e. The molecule has 4 rings (SSSR count). The van der Waals surface area contributed by atoms with Crippen LogP contribution in [0, 0.1) is 12.7 Å². The lowest BCUT2D eigenvalue weighted by atomic mass is 9.87. The van der Waals surface area contributed by atoms with Crippen molar-refractivity contribution in [2.75, 3.05) is 6.54 Å².